The second-order valence-electron chi connectivity index (χ2n) is 6.32. The molecule has 1 fully saturated rings. The summed E-state index contributed by atoms with van der Waals surface area (Å²) in [6.07, 6.45) is 3.50. The van der Waals surface area contributed by atoms with Crippen LogP contribution in [0.25, 0.3) is 11.0 Å². The maximum Gasteiger partial charge on any atom is 0.163 e. The van der Waals surface area contributed by atoms with E-state index >= 15 is 0 Å². The fourth-order valence-electron chi connectivity index (χ4n) is 3.20. The summed E-state index contributed by atoms with van der Waals surface area (Å²) in [6, 6.07) is 10.6. The fourth-order valence-corrected chi connectivity index (χ4v) is 3.20. The van der Waals surface area contributed by atoms with Crippen LogP contribution in [-0.2, 0) is 18.3 Å². The Morgan fingerprint density at radius 1 is 1.24 bits per heavy atom. The summed E-state index contributed by atoms with van der Waals surface area (Å²) < 4.78 is 7.67. The fraction of sp³-hybridized carbons (Fsp3) is 0.389. The van der Waals surface area contributed by atoms with Crippen molar-refractivity contribution in [2.24, 2.45) is 7.05 Å². The van der Waals surface area contributed by atoms with Crippen LogP contribution in [0, 0.1) is 0 Å². The maximum atomic E-state index is 5.92. The minimum atomic E-state index is 0.138. The molecule has 1 aliphatic heterocycles. The molecule has 3 aromatic rings. The van der Waals surface area contributed by atoms with Crippen LogP contribution in [0.15, 0.2) is 42.9 Å². The zero-order valence-electron chi connectivity index (χ0n) is 14.3. The Labute approximate surface area is 146 Å². The molecule has 1 N–H and O–H groups in total. The van der Waals surface area contributed by atoms with E-state index in [1.807, 2.05) is 7.05 Å². The van der Waals surface area contributed by atoms with E-state index in [-0.39, 0.29) is 6.10 Å². The minimum absolute atomic E-state index is 0.138. The van der Waals surface area contributed by atoms with Crippen LogP contribution in [0.2, 0.25) is 0 Å². The molecule has 1 aromatic carbocycles. The molecule has 3 heterocycles. The van der Waals surface area contributed by atoms with Gasteiger partial charge in [0.05, 0.1) is 24.3 Å². The van der Waals surface area contributed by atoms with E-state index in [4.69, 9.17) is 4.74 Å². The molecule has 0 radical (unpaired) electrons. The third kappa shape index (κ3) is 3.62. The Morgan fingerprint density at radius 3 is 3.00 bits per heavy atom. The van der Waals surface area contributed by atoms with Crippen molar-refractivity contribution in [3.8, 4) is 0 Å². The van der Waals surface area contributed by atoms with Gasteiger partial charge in [-0.05, 0) is 5.56 Å². The SMILES string of the molecule is Cn1ncc2c(NC[C@@H]3CN(Cc4ccccc4)CCO3)ncnc21. The van der Waals surface area contributed by atoms with Crippen LogP contribution in [0.5, 0.6) is 0 Å². The van der Waals surface area contributed by atoms with Gasteiger partial charge in [0.2, 0.25) is 0 Å². The molecule has 25 heavy (non-hydrogen) atoms. The van der Waals surface area contributed by atoms with Gasteiger partial charge in [0, 0.05) is 33.2 Å². The van der Waals surface area contributed by atoms with Crippen LogP contribution >= 0.6 is 0 Å². The van der Waals surface area contributed by atoms with E-state index in [0.29, 0.717) is 6.54 Å². The summed E-state index contributed by atoms with van der Waals surface area (Å²) in [5.74, 6) is 0.807. The smallest absolute Gasteiger partial charge is 0.163 e. The van der Waals surface area contributed by atoms with Gasteiger partial charge in [-0.2, -0.15) is 5.10 Å². The van der Waals surface area contributed by atoms with Crippen LogP contribution < -0.4 is 5.32 Å². The van der Waals surface area contributed by atoms with E-state index in [0.717, 1.165) is 43.1 Å². The molecule has 4 rings (SSSR count). The van der Waals surface area contributed by atoms with Crippen molar-refractivity contribution in [1.29, 1.82) is 0 Å². The Bertz CT molecular complexity index is 834. The van der Waals surface area contributed by atoms with E-state index in [9.17, 15) is 0 Å². The zero-order valence-corrected chi connectivity index (χ0v) is 14.3. The summed E-state index contributed by atoms with van der Waals surface area (Å²) >= 11 is 0. The quantitative estimate of drug-likeness (QED) is 0.763. The van der Waals surface area contributed by atoms with Gasteiger partial charge in [0.1, 0.15) is 12.1 Å². The molecule has 7 nitrogen and oxygen atoms in total. The van der Waals surface area contributed by atoms with Crippen molar-refractivity contribution in [2.75, 3.05) is 31.6 Å². The lowest BCUT2D eigenvalue weighted by molar-refractivity contribution is -0.0240. The molecule has 0 spiro atoms. The average molecular weight is 338 g/mol. The number of hydrogen-bond donors (Lipinski definition) is 1. The van der Waals surface area contributed by atoms with Crippen LogP contribution in [0.4, 0.5) is 5.82 Å². The first-order valence-electron chi connectivity index (χ1n) is 8.54. The molecule has 0 bridgehead atoms. The topological polar surface area (TPSA) is 68.1 Å². The number of aryl methyl sites for hydroxylation is 1. The summed E-state index contributed by atoms with van der Waals surface area (Å²) in [4.78, 5) is 11.0. The highest BCUT2D eigenvalue weighted by Crippen LogP contribution is 2.18. The minimum Gasteiger partial charge on any atom is -0.374 e. The van der Waals surface area contributed by atoms with E-state index in [2.05, 4.69) is 55.6 Å². The number of hydrogen-bond acceptors (Lipinski definition) is 6. The Balaban J connectivity index is 1.37. The van der Waals surface area contributed by atoms with Crippen LogP contribution in [-0.4, -0.2) is 57.0 Å². The van der Waals surface area contributed by atoms with Crippen molar-refractivity contribution in [3.05, 3.63) is 48.4 Å². The first-order valence-corrected chi connectivity index (χ1v) is 8.54. The number of benzene rings is 1. The van der Waals surface area contributed by atoms with Crippen molar-refractivity contribution >= 4 is 16.9 Å². The van der Waals surface area contributed by atoms with Crippen molar-refractivity contribution in [1.82, 2.24) is 24.6 Å². The molecular weight excluding hydrogens is 316 g/mol. The lowest BCUT2D eigenvalue weighted by Gasteiger charge is -2.33. The largest absolute Gasteiger partial charge is 0.374 e. The van der Waals surface area contributed by atoms with Gasteiger partial charge in [-0.15, -0.1) is 0 Å². The molecule has 7 heteroatoms. The van der Waals surface area contributed by atoms with Gasteiger partial charge in [0.25, 0.3) is 0 Å². The average Bonchev–Trinajstić information content (AvgIpc) is 3.03. The van der Waals surface area contributed by atoms with Crippen LogP contribution in [0.3, 0.4) is 0 Å². The van der Waals surface area contributed by atoms with Gasteiger partial charge < -0.3 is 10.1 Å². The van der Waals surface area contributed by atoms with Crippen LogP contribution in [0.1, 0.15) is 5.56 Å². The first-order chi connectivity index (χ1) is 12.3. The van der Waals surface area contributed by atoms with Gasteiger partial charge >= 0.3 is 0 Å². The van der Waals surface area contributed by atoms with Gasteiger partial charge in [-0.1, -0.05) is 30.3 Å². The number of aromatic nitrogens is 4. The molecule has 0 saturated carbocycles. The van der Waals surface area contributed by atoms with Crippen molar-refractivity contribution in [2.45, 2.75) is 12.6 Å². The highest BCUT2D eigenvalue weighted by molar-refractivity contribution is 5.85. The predicted octanol–water partition coefficient (Wildman–Crippen LogP) is 1.68. The number of rotatable bonds is 5. The van der Waals surface area contributed by atoms with Gasteiger partial charge in [0.15, 0.2) is 5.65 Å². The third-order valence-electron chi connectivity index (χ3n) is 4.50. The number of morpholine rings is 1. The van der Waals surface area contributed by atoms with Gasteiger partial charge in [-0.3, -0.25) is 9.58 Å². The van der Waals surface area contributed by atoms with Crippen molar-refractivity contribution in [3.63, 3.8) is 0 Å². The maximum absolute atomic E-state index is 5.92. The molecular formula is C18H22N6O. The van der Waals surface area contributed by atoms with E-state index < -0.39 is 0 Å². The number of nitrogens with zero attached hydrogens (tertiary/aromatic N) is 5. The molecule has 130 valence electrons. The number of ether oxygens (including phenoxy) is 1. The highest BCUT2D eigenvalue weighted by atomic mass is 16.5. The summed E-state index contributed by atoms with van der Waals surface area (Å²) in [7, 11) is 1.88. The standard InChI is InChI=1S/C18H22N6O/c1-23-18-16(10-22-23)17(20-13-21-18)19-9-15-12-24(7-8-25-15)11-14-5-3-2-4-6-14/h2-6,10,13,15H,7-9,11-12H2,1H3,(H,19,20,21)/t15-/m1/s1. The normalized spacial score (nSPS) is 18.5. The summed E-state index contributed by atoms with van der Waals surface area (Å²) in [5.41, 5.74) is 2.16. The second kappa shape index (κ2) is 7.16. The lowest BCUT2D eigenvalue weighted by Crippen LogP contribution is -2.44. The molecule has 1 aliphatic rings. The molecule has 0 unspecified atom stereocenters. The zero-order chi connectivity index (χ0) is 17.1. The number of anilines is 1. The molecule has 0 amide bonds. The van der Waals surface area contributed by atoms with Crippen molar-refractivity contribution < 1.29 is 4.74 Å². The first kappa shape index (κ1) is 16.0. The summed E-state index contributed by atoms with van der Waals surface area (Å²) in [5, 5.41) is 8.58. The third-order valence-corrected chi connectivity index (χ3v) is 4.50. The predicted molar refractivity (Wildman–Crippen MR) is 96.3 cm³/mol. The Hall–Kier alpha value is -2.51. The summed E-state index contributed by atoms with van der Waals surface area (Å²) in [6.45, 7) is 4.30. The molecule has 1 saturated heterocycles. The molecule has 2 aromatic heterocycles. The Morgan fingerprint density at radius 2 is 2.12 bits per heavy atom. The number of fused-ring (bicyclic) bond motifs is 1. The lowest BCUT2D eigenvalue weighted by atomic mass is 10.2. The number of nitrogens with one attached hydrogen (secondary N) is 1. The van der Waals surface area contributed by atoms with E-state index in [1.165, 1.54) is 5.56 Å². The second-order valence-corrected chi connectivity index (χ2v) is 6.32. The molecule has 1 atom stereocenters. The van der Waals surface area contributed by atoms with E-state index in [1.54, 1.807) is 17.2 Å². The molecule has 0 aliphatic carbocycles. The monoisotopic (exact) mass is 338 g/mol. The van der Waals surface area contributed by atoms with Gasteiger partial charge in [-0.25, -0.2) is 9.97 Å². The Kier molecular flexibility index (Phi) is 4.58. The highest BCUT2D eigenvalue weighted by Gasteiger charge is 2.21.